The van der Waals surface area contributed by atoms with Crippen LogP contribution in [0.4, 0.5) is 5.69 Å². The second-order valence-electron chi connectivity index (χ2n) is 4.76. The fourth-order valence-corrected chi connectivity index (χ4v) is 2.33. The van der Waals surface area contributed by atoms with Crippen LogP contribution in [0.1, 0.15) is 10.6 Å². The average molecular weight is 365 g/mol. The van der Waals surface area contributed by atoms with Crippen LogP contribution in [0.15, 0.2) is 47.0 Å². The van der Waals surface area contributed by atoms with Gasteiger partial charge >= 0.3 is 5.97 Å². The SMILES string of the molecule is O=C(COC(=O)c1cc2cc(Cl)ccc2o1)Nc1cccnc1Cl. The molecule has 1 aromatic carbocycles. The summed E-state index contributed by atoms with van der Waals surface area (Å²) in [5.41, 5.74) is 0.830. The average Bonchev–Trinajstić information content (AvgIpc) is 2.98. The van der Waals surface area contributed by atoms with Crippen molar-refractivity contribution in [1.29, 1.82) is 0 Å². The number of nitrogens with one attached hydrogen (secondary N) is 1. The van der Waals surface area contributed by atoms with E-state index < -0.39 is 18.5 Å². The minimum absolute atomic E-state index is 0.0144. The number of halogens is 2. The number of anilines is 1. The Hall–Kier alpha value is -2.57. The number of pyridine rings is 1. The molecule has 1 N–H and O–H groups in total. The van der Waals surface area contributed by atoms with Gasteiger partial charge in [-0.2, -0.15) is 0 Å². The number of rotatable bonds is 4. The number of benzene rings is 1. The van der Waals surface area contributed by atoms with Crippen LogP contribution in [0, 0.1) is 0 Å². The Morgan fingerprint density at radius 2 is 2.04 bits per heavy atom. The summed E-state index contributed by atoms with van der Waals surface area (Å²) in [6, 6.07) is 9.65. The molecule has 2 aromatic heterocycles. The highest BCUT2D eigenvalue weighted by Gasteiger charge is 2.16. The van der Waals surface area contributed by atoms with Crippen LogP contribution in [0.5, 0.6) is 0 Å². The van der Waals surface area contributed by atoms with E-state index in [-0.39, 0.29) is 10.9 Å². The lowest BCUT2D eigenvalue weighted by atomic mass is 10.2. The predicted octanol–water partition coefficient (Wildman–Crippen LogP) is 3.93. The van der Waals surface area contributed by atoms with E-state index in [2.05, 4.69) is 10.3 Å². The number of ether oxygens (including phenoxy) is 1. The number of aromatic nitrogens is 1. The highest BCUT2D eigenvalue weighted by atomic mass is 35.5. The van der Waals surface area contributed by atoms with E-state index in [1.54, 1.807) is 30.3 Å². The molecule has 2 heterocycles. The molecule has 0 aliphatic heterocycles. The van der Waals surface area contributed by atoms with Gasteiger partial charge in [0.25, 0.3) is 5.91 Å². The maximum Gasteiger partial charge on any atom is 0.374 e. The Labute approximate surface area is 146 Å². The second-order valence-corrected chi connectivity index (χ2v) is 5.55. The van der Waals surface area contributed by atoms with E-state index in [1.165, 1.54) is 12.3 Å². The predicted molar refractivity (Wildman–Crippen MR) is 89.4 cm³/mol. The van der Waals surface area contributed by atoms with Crippen LogP contribution < -0.4 is 5.32 Å². The normalized spacial score (nSPS) is 10.6. The molecule has 6 nitrogen and oxygen atoms in total. The van der Waals surface area contributed by atoms with E-state index >= 15 is 0 Å². The lowest BCUT2D eigenvalue weighted by Crippen LogP contribution is -2.21. The topological polar surface area (TPSA) is 81.4 Å². The lowest BCUT2D eigenvalue weighted by molar-refractivity contribution is -0.119. The molecule has 0 saturated heterocycles. The van der Waals surface area contributed by atoms with Gasteiger partial charge in [0.15, 0.2) is 11.8 Å². The number of nitrogens with zero attached hydrogens (tertiary/aromatic N) is 1. The van der Waals surface area contributed by atoms with Gasteiger partial charge in [-0.1, -0.05) is 23.2 Å². The van der Waals surface area contributed by atoms with Crippen molar-refractivity contribution in [2.24, 2.45) is 0 Å². The molecule has 8 heteroatoms. The monoisotopic (exact) mass is 364 g/mol. The Morgan fingerprint density at radius 1 is 1.21 bits per heavy atom. The maximum absolute atomic E-state index is 12.0. The summed E-state index contributed by atoms with van der Waals surface area (Å²) >= 11 is 11.7. The van der Waals surface area contributed by atoms with Crippen LogP contribution in [0.25, 0.3) is 11.0 Å². The molecule has 1 amide bonds. The van der Waals surface area contributed by atoms with E-state index in [9.17, 15) is 9.59 Å². The van der Waals surface area contributed by atoms with Crippen LogP contribution in [-0.2, 0) is 9.53 Å². The van der Waals surface area contributed by atoms with Crippen molar-refractivity contribution >= 4 is 51.7 Å². The van der Waals surface area contributed by atoms with Crippen molar-refractivity contribution in [1.82, 2.24) is 4.98 Å². The molecule has 0 aliphatic carbocycles. The van der Waals surface area contributed by atoms with Gasteiger partial charge in [0.05, 0.1) is 5.69 Å². The number of carbonyl (C=O) groups excluding carboxylic acids is 2. The highest BCUT2D eigenvalue weighted by molar-refractivity contribution is 6.32. The summed E-state index contributed by atoms with van der Waals surface area (Å²) in [6.45, 7) is -0.484. The lowest BCUT2D eigenvalue weighted by Gasteiger charge is -2.06. The van der Waals surface area contributed by atoms with Crippen LogP contribution >= 0.6 is 23.2 Å². The van der Waals surface area contributed by atoms with Gasteiger partial charge in [-0.05, 0) is 36.4 Å². The Bertz CT molecular complexity index is 923. The van der Waals surface area contributed by atoms with E-state index in [0.717, 1.165) is 0 Å². The van der Waals surface area contributed by atoms with Crippen LogP contribution in [0.3, 0.4) is 0 Å². The Kier molecular flexibility index (Phi) is 4.69. The zero-order valence-electron chi connectivity index (χ0n) is 12.1. The molecule has 0 aliphatic rings. The summed E-state index contributed by atoms with van der Waals surface area (Å²) in [6.07, 6.45) is 1.49. The largest absolute Gasteiger partial charge is 0.450 e. The van der Waals surface area contributed by atoms with E-state index in [1.807, 2.05) is 0 Å². The molecule has 3 aromatic rings. The molecule has 0 spiro atoms. The first-order chi connectivity index (χ1) is 11.5. The van der Waals surface area contributed by atoms with Crippen molar-refractivity contribution in [2.45, 2.75) is 0 Å². The van der Waals surface area contributed by atoms with Crippen molar-refractivity contribution in [3.05, 3.63) is 58.5 Å². The molecule has 0 bridgehead atoms. The molecule has 122 valence electrons. The third kappa shape index (κ3) is 3.67. The number of furan rings is 1. The molecule has 0 saturated carbocycles. The van der Waals surface area contributed by atoms with Gasteiger partial charge in [0.2, 0.25) is 5.76 Å². The molecule has 0 atom stereocenters. The minimum atomic E-state index is -0.755. The first-order valence-corrected chi connectivity index (χ1v) is 7.55. The molecule has 0 unspecified atom stereocenters. The Morgan fingerprint density at radius 3 is 2.83 bits per heavy atom. The molecule has 0 radical (unpaired) electrons. The number of carbonyl (C=O) groups is 2. The summed E-state index contributed by atoms with van der Waals surface area (Å²) in [5, 5.41) is 3.83. The zero-order valence-corrected chi connectivity index (χ0v) is 13.6. The van der Waals surface area contributed by atoms with Gasteiger partial charge in [0, 0.05) is 16.6 Å². The zero-order chi connectivity index (χ0) is 17.1. The maximum atomic E-state index is 12.0. The number of fused-ring (bicyclic) bond motifs is 1. The van der Waals surface area contributed by atoms with Gasteiger partial charge < -0.3 is 14.5 Å². The van der Waals surface area contributed by atoms with Gasteiger partial charge in [0.1, 0.15) is 5.58 Å². The van der Waals surface area contributed by atoms with Crippen molar-refractivity contribution in [3.8, 4) is 0 Å². The number of hydrogen-bond donors (Lipinski definition) is 1. The van der Waals surface area contributed by atoms with Crippen molar-refractivity contribution in [2.75, 3.05) is 11.9 Å². The summed E-state index contributed by atoms with van der Waals surface area (Å²) in [5.74, 6) is -1.31. The van der Waals surface area contributed by atoms with E-state index in [0.29, 0.717) is 21.7 Å². The van der Waals surface area contributed by atoms with Gasteiger partial charge in [-0.15, -0.1) is 0 Å². The molecular weight excluding hydrogens is 355 g/mol. The molecule has 0 fully saturated rings. The van der Waals surface area contributed by atoms with E-state index in [4.69, 9.17) is 32.4 Å². The fraction of sp³-hybridized carbons (Fsp3) is 0.0625. The van der Waals surface area contributed by atoms with Crippen molar-refractivity contribution in [3.63, 3.8) is 0 Å². The van der Waals surface area contributed by atoms with Crippen LogP contribution in [-0.4, -0.2) is 23.5 Å². The highest BCUT2D eigenvalue weighted by Crippen LogP contribution is 2.23. The molecular formula is C16H10Cl2N2O4. The second kappa shape index (κ2) is 6.90. The quantitative estimate of drug-likeness (QED) is 0.560. The summed E-state index contributed by atoms with van der Waals surface area (Å²) in [7, 11) is 0. The Balaban J connectivity index is 1.62. The molecule has 24 heavy (non-hydrogen) atoms. The first-order valence-electron chi connectivity index (χ1n) is 6.79. The number of esters is 1. The number of hydrogen-bond acceptors (Lipinski definition) is 5. The fourth-order valence-electron chi connectivity index (χ4n) is 1.98. The third-order valence-electron chi connectivity index (χ3n) is 3.05. The first kappa shape index (κ1) is 16.3. The minimum Gasteiger partial charge on any atom is -0.450 e. The summed E-state index contributed by atoms with van der Waals surface area (Å²) in [4.78, 5) is 27.6. The standard InChI is InChI=1S/C16H10Cl2N2O4/c17-10-3-4-12-9(6-10)7-13(24-12)16(22)23-8-14(21)20-11-2-1-5-19-15(11)18/h1-7H,8H2,(H,20,21). The van der Waals surface area contributed by atoms with Crippen LogP contribution in [0.2, 0.25) is 10.2 Å². The summed E-state index contributed by atoms with van der Waals surface area (Å²) < 4.78 is 10.3. The van der Waals surface area contributed by atoms with Crippen molar-refractivity contribution < 1.29 is 18.7 Å². The molecule has 3 rings (SSSR count). The van der Waals surface area contributed by atoms with Gasteiger partial charge in [-0.3, -0.25) is 4.79 Å². The van der Waals surface area contributed by atoms with Gasteiger partial charge in [-0.25, -0.2) is 9.78 Å². The smallest absolute Gasteiger partial charge is 0.374 e. The number of amides is 1. The third-order valence-corrected chi connectivity index (χ3v) is 3.58.